The minimum Gasteiger partial charge on any atom is -0.477 e. The average Bonchev–Trinajstić information content (AvgIpc) is 2.98. The van der Waals surface area contributed by atoms with Gasteiger partial charge in [0.2, 0.25) is 11.8 Å². The highest BCUT2D eigenvalue weighted by atomic mass is 16.7. The first kappa shape index (κ1) is 38.3. The molecule has 2 amide bonds. The summed E-state index contributed by atoms with van der Waals surface area (Å²) in [5.41, 5.74) is 0. The molecule has 3 heterocycles. The van der Waals surface area contributed by atoms with Crippen LogP contribution in [0, 0.1) is 0 Å². The van der Waals surface area contributed by atoms with Crippen LogP contribution in [0.5, 0.6) is 0 Å². The van der Waals surface area contributed by atoms with E-state index in [2.05, 4.69) is 10.6 Å². The Morgan fingerprint density at radius 2 is 1.41 bits per heavy atom. The lowest BCUT2D eigenvalue weighted by molar-refractivity contribution is -0.352. The van der Waals surface area contributed by atoms with Crippen molar-refractivity contribution >= 4 is 17.8 Å². The molecule has 0 bridgehead atoms. The van der Waals surface area contributed by atoms with Gasteiger partial charge in [-0.05, 0) is 0 Å². The first-order valence-electron chi connectivity index (χ1n) is 14.2. The molecule has 3 aliphatic rings. The number of hydrogen-bond donors (Lipinski definition) is 13. The SMILES string of the molecule is CC(=O)NC1[C@@H](C(O)C(CO)O[C@H]2[C@H](O)[C@H](O[C@@H]3[C@H](O)[C@H](CO)O[C@@H](O)[C@H]3NC(C)=O)O[C@@H](CO)[C@H]2O)O[C@@](O)(C(=O)O)C[C@H]1O. The Labute approximate surface area is 260 Å². The lowest BCUT2D eigenvalue weighted by Gasteiger charge is -2.48. The van der Waals surface area contributed by atoms with E-state index >= 15 is 0 Å². The molecule has 0 aromatic carbocycles. The van der Waals surface area contributed by atoms with Gasteiger partial charge in [-0.15, -0.1) is 0 Å². The van der Waals surface area contributed by atoms with Gasteiger partial charge in [-0.25, -0.2) is 4.79 Å². The molecule has 0 saturated carbocycles. The first-order valence-corrected chi connectivity index (χ1v) is 14.2. The lowest BCUT2D eigenvalue weighted by Crippen LogP contribution is -2.69. The maximum absolute atomic E-state index is 11.8. The van der Waals surface area contributed by atoms with E-state index in [0.717, 1.165) is 13.8 Å². The molecular formula is C25H42N2O19. The van der Waals surface area contributed by atoms with E-state index in [4.69, 9.17) is 23.7 Å². The van der Waals surface area contributed by atoms with Crippen molar-refractivity contribution in [3.05, 3.63) is 0 Å². The van der Waals surface area contributed by atoms with Crippen molar-refractivity contribution in [2.75, 3.05) is 19.8 Å². The summed E-state index contributed by atoms with van der Waals surface area (Å²) in [6.45, 7) is -0.763. The third-order valence-corrected chi connectivity index (χ3v) is 7.87. The van der Waals surface area contributed by atoms with Gasteiger partial charge in [-0.2, -0.15) is 0 Å². The highest BCUT2D eigenvalue weighted by Crippen LogP contribution is 2.34. The van der Waals surface area contributed by atoms with Crippen LogP contribution < -0.4 is 10.6 Å². The molecule has 266 valence electrons. The zero-order valence-corrected chi connectivity index (χ0v) is 24.7. The Morgan fingerprint density at radius 3 is 1.93 bits per heavy atom. The molecule has 0 aliphatic carbocycles. The molecule has 0 spiro atoms. The van der Waals surface area contributed by atoms with Crippen molar-refractivity contribution in [1.82, 2.24) is 10.6 Å². The minimum absolute atomic E-state index is 0.701. The second-order valence-corrected chi connectivity index (χ2v) is 11.3. The number of hydrogen-bond acceptors (Lipinski definition) is 18. The molecule has 46 heavy (non-hydrogen) atoms. The molecule has 13 N–H and O–H groups in total. The predicted octanol–water partition coefficient (Wildman–Crippen LogP) is -8.08. The Kier molecular flexibility index (Phi) is 13.1. The number of carboxylic acid groups (broad SMARTS) is 1. The first-order chi connectivity index (χ1) is 21.5. The molecule has 3 aliphatic heterocycles. The van der Waals surface area contributed by atoms with Crippen LogP contribution in [0.15, 0.2) is 0 Å². The standard InChI is InChI=1S/C25H42N2O19/c1-7(31)26-13-9(33)3-25(41,24(39)40)46-20(13)16(35)10(4-28)42-21-17(36)12(6-30)44-23(18(21)37)45-19-14(27-8(2)32)22(38)43-11(5-29)15(19)34/h9-23,28-30,33-38,41H,3-6H2,1-2H3,(H,26,31)(H,27,32)(H,39,40)/t9-,10?,11+,12+,13?,14+,15-,16?,17-,18+,19+,20+,21-,22-,23+,25-/m1/s1. The Morgan fingerprint density at radius 1 is 0.870 bits per heavy atom. The fourth-order valence-corrected chi connectivity index (χ4v) is 5.57. The Hall–Kier alpha value is -2.19. The number of carboxylic acids is 1. The molecule has 3 unspecified atom stereocenters. The van der Waals surface area contributed by atoms with Gasteiger partial charge in [0.05, 0.1) is 32.0 Å². The normalized spacial score (nSPS) is 42.9. The van der Waals surface area contributed by atoms with Crippen LogP contribution in [0.3, 0.4) is 0 Å². The third-order valence-electron chi connectivity index (χ3n) is 7.87. The topological polar surface area (TPSA) is 344 Å². The van der Waals surface area contributed by atoms with Crippen LogP contribution in [0.25, 0.3) is 0 Å². The number of aliphatic hydroxyl groups is 10. The quantitative estimate of drug-likeness (QED) is 0.0913. The predicted molar refractivity (Wildman–Crippen MR) is 142 cm³/mol. The van der Waals surface area contributed by atoms with Crippen molar-refractivity contribution in [1.29, 1.82) is 0 Å². The van der Waals surface area contributed by atoms with E-state index in [0.29, 0.717) is 0 Å². The molecule has 0 aromatic rings. The second kappa shape index (κ2) is 15.8. The Balaban J connectivity index is 1.90. The molecular weight excluding hydrogens is 632 g/mol. The summed E-state index contributed by atoms with van der Waals surface area (Å²) in [6.07, 6.45) is -24.9. The lowest BCUT2D eigenvalue weighted by atomic mass is 9.88. The van der Waals surface area contributed by atoms with Gasteiger partial charge in [0.15, 0.2) is 12.6 Å². The summed E-state index contributed by atoms with van der Waals surface area (Å²) in [6, 6.07) is -3.05. The van der Waals surface area contributed by atoms with Crippen LogP contribution in [0.2, 0.25) is 0 Å². The number of amides is 2. The van der Waals surface area contributed by atoms with Crippen molar-refractivity contribution in [2.45, 2.75) is 118 Å². The van der Waals surface area contributed by atoms with E-state index in [9.17, 15) is 70.6 Å². The van der Waals surface area contributed by atoms with E-state index in [1.54, 1.807) is 0 Å². The highest BCUT2D eigenvalue weighted by Gasteiger charge is 2.56. The van der Waals surface area contributed by atoms with Crippen molar-refractivity contribution in [2.24, 2.45) is 0 Å². The number of rotatable bonds is 12. The molecule has 3 rings (SSSR count). The summed E-state index contributed by atoms with van der Waals surface area (Å²) in [5, 5.41) is 119. The zero-order chi connectivity index (χ0) is 34.7. The van der Waals surface area contributed by atoms with Crippen LogP contribution in [-0.2, 0) is 38.1 Å². The van der Waals surface area contributed by atoms with Gasteiger partial charge in [0.1, 0.15) is 67.1 Å². The van der Waals surface area contributed by atoms with Crippen LogP contribution in [0.4, 0.5) is 0 Å². The average molecular weight is 675 g/mol. The summed E-state index contributed by atoms with van der Waals surface area (Å²) in [4.78, 5) is 35.2. The smallest absolute Gasteiger partial charge is 0.364 e. The Bertz CT molecular complexity index is 1050. The molecule has 3 saturated heterocycles. The summed E-state index contributed by atoms with van der Waals surface area (Å²) >= 11 is 0. The molecule has 21 heteroatoms. The maximum atomic E-state index is 11.8. The molecule has 0 aromatic heterocycles. The van der Waals surface area contributed by atoms with Gasteiger partial charge in [0, 0.05) is 20.3 Å². The number of aliphatic carboxylic acids is 1. The van der Waals surface area contributed by atoms with Gasteiger partial charge in [0.25, 0.3) is 5.79 Å². The van der Waals surface area contributed by atoms with Gasteiger partial charge in [-0.3, -0.25) is 9.59 Å². The van der Waals surface area contributed by atoms with Crippen molar-refractivity contribution in [3.63, 3.8) is 0 Å². The number of ether oxygens (including phenoxy) is 5. The fourth-order valence-electron chi connectivity index (χ4n) is 5.57. The summed E-state index contributed by atoms with van der Waals surface area (Å²) in [7, 11) is 0. The molecule has 21 nitrogen and oxygen atoms in total. The largest absolute Gasteiger partial charge is 0.477 e. The summed E-state index contributed by atoms with van der Waals surface area (Å²) < 4.78 is 27.0. The molecule has 0 radical (unpaired) electrons. The van der Waals surface area contributed by atoms with E-state index in [1.807, 2.05) is 0 Å². The number of carbonyl (C=O) groups is 3. The van der Waals surface area contributed by atoms with Gasteiger partial charge in [-0.1, -0.05) is 0 Å². The number of nitrogens with one attached hydrogen (secondary N) is 2. The van der Waals surface area contributed by atoms with Crippen molar-refractivity contribution in [3.8, 4) is 0 Å². The highest BCUT2D eigenvalue weighted by molar-refractivity contribution is 5.76. The van der Waals surface area contributed by atoms with E-state index in [1.165, 1.54) is 0 Å². The molecule has 3 fully saturated rings. The minimum atomic E-state index is -3.05. The second-order valence-electron chi connectivity index (χ2n) is 11.3. The monoisotopic (exact) mass is 674 g/mol. The third kappa shape index (κ3) is 8.26. The van der Waals surface area contributed by atoms with Gasteiger partial charge < -0.3 is 90.5 Å². The molecule has 16 atom stereocenters. The van der Waals surface area contributed by atoms with Crippen molar-refractivity contribution < 1.29 is 94.2 Å². The van der Waals surface area contributed by atoms with Crippen LogP contribution in [-0.4, -0.2) is 191 Å². The maximum Gasteiger partial charge on any atom is 0.364 e. The van der Waals surface area contributed by atoms with E-state index < -0.39 is 142 Å². The summed E-state index contributed by atoms with van der Waals surface area (Å²) in [5.74, 6) is -6.46. The van der Waals surface area contributed by atoms with Crippen LogP contribution >= 0.6 is 0 Å². The van der Waals surface area contributed by atoms with Gasteiger partial charge >= 0.3 is 5.97 Å². The fraction of sp³-hybridized carbons (Fsp3) is 0.880. The number of aliphatic hydroxyl groups excluding tert-OH is 9. The number of carbonyl (C=O) groups excluding carboxylic acids is 2. The van der Waals surface area contributed by atoms with E-state index in [-0.39, 0.29) is 0 Å². The van der Waals surface area contributed by atoms with Crippen LogP contribution in [0.1, 0.15) is 20.3 Å². The zero-order valence-electron chi connectivity index (χ0n) is 24.7.